The fraction of sp³-hybridized carbons (Fsp3) is 0.588. The number of anilines is 1. The normalized spacial score (nSPS) is 33.7. The smallest absolute Gasteiger partial charge is 0.106 e. The van der Waals surface area contributed by atoms with Crippen LogP contribution in [0.2, 0.25) is 5.02 Å². The second kappa shape index (κ2) is 4.36. The molecule has 2 nitrogen and oxygen atoms in total. The van der Waals surface area contributed by atoms with Crippen LogP contribution in [0.25, 0.3) is 10.2 Å². The first-order valence-electron chi connectivity index (χ1n) is 7.70. The SMILES string of the molecule is CC12CCC(C1)C(C)(C)C2Nc1c(Cl)ccc2scnc12. The van der Waals surface area contributed by atoms with Gasteiger partial charge in [-0.2, -0.15) is 0 Å². The van der Waals surface area contributed by atoms with Crippen LogP contribution >= 0.6 is 22.9 Å². The molecule has 112 valence electrons. The molecule has 1 aromatic carbocycles. The summed E-state index contributed by atoms with van der Waals surface area (Å²) in [5.41, 5.74) is 4.65. The number of benzene rings is 1. The van der Waals surface area contributed by atoms with Crippen molar-refractivity contribution in [1.29, 1.82) is 0 Å². The first-order chi connectivity index (χ1) is 9.92. The molecule has 4 heteroatoms. The van der Waals surface area contributed by atoms with Gasteiger partial charge < -0.3 is 5.32 Å². The van der Waals surface area contributed by atoms with Crippen molar-refractivity contribution in [2.45, 2.75) is 46.1 Å². The zero-order valence-corrected chi connectivity index (χ0v) is 14.3. The monoisotopic (exact) mass is 320 g/mol. The number of thiazole rings is 1. The van der Waals surface area contributed by atoms with Crippen molar-refractivity contribution in [2.75, 3.05) is 5.32 Å². The summed E-state index contributed by atoms with van der Waals surface area (Å²) < 4.78 is 1.20. The first kappa shape index (κ1) is 13.8. The fourth-order valence-corrected chi connectivity index (χ4v) is 5.74. The predicted octanol–water partition coefficient (Wildman–Crippen LogP) is 5.58. The highest BCUT2D eigenvalue weighted by molar-refractivity contribution is 7.16. The number of nitrogens with zero attached hydrogens (tertiary/aromatic N) is 1. The average Bonchev–Trinajstić information content (AvgIpc) is 3.07. The number of fused-ring (bicyclic) bond motifs is 3. The van der Waals surface area contributed by atoms with Crippen molar-refractivity contribution in [2.24, 2.45) is 16.7 Å². The molecular weight excluding hydrogens is 300 g/mol. The molecule has 21 heavy (non-hydrogen) atoms. The van der Waals surface area contributed by atoms with E-state index >= 15 is 0 Å². The van der Waals surface area contributed by atoms with Crippen LogP contribution in [-0.2, 0) is 0 Å². The third-order valence-electron chi connectivity index (χ3n) is 6.01. The van der Waals surface area contributed by atoms with Crippen molar-refractivity contribution < 1.29 is 0 Å². The number of aromatic nitrogens is 1. The molecule has 1 aromatic heterocycles. The lowest BCUT2D eigenvalue weighted by Gasteiger charge is -2.43. The topological polar surface area (TPSA) is 24.9 Å². The molecule has 2 aromatic rings. The van der Waals surface area contributed by atoms with Gasteiger partial charge in [0.2, 0.25) is 0 Å². The molecule has 2 fully saturated rings. The molecule has 0 aliphatic heterocycles. The van der Waals surface area contributed by atoms with E-state index < -0.39 is 0 Å². The van der Waals surface area contributed by atoms with Crippen molar-refractivity contribution in [1.82, 2.24) is 4.98 Å². The Morgan fingerprint density at radius 2 is 2.14 bits per heavy atom. The summed E-state index contributed by atoms with van der Waals surface area (Å²) in [7, 11) is 0. The Hall–Kier alpha value is -0.800. The first-order valence-corrected chi connectivity index (χ1v) is 8.96. The van der Waals surface area contributed by atoms with Gasteiger partial charge in [0.25, 0.3) is 0 Å². The molecule has 3 atom stereocenters. The molecule has 1 N–H and O–H groups in total. The van der Waals surface area contributed by atoms with E-state index in [1.165, 1.54) is 24.0 Å². The van der Waals surface area contributed by atoms with Crippen LogP contribution < -0.4 is 5.32 Å². The molecule has 2 aliphatic carbocycles. The van der Waals surface area contributed by atoms with E-state index in [0.29, 0.717) is 16.9 Å². The lowest BCUT2D eigenvalue weighted by molar-refractivity contribution is 0.155. The zero-order valence-electron chi connectivity index (χ0n) is 12.7. The van der Waals surface area contributed by atoms with Gasteiger partial charge in [0, 0.05) is 6.04 Å². The van der Waals surface area contributed by atoms with Gasteiger partial charge in [-0.1, -0.05) is 32.4 Å². The zero-order chi connectivity index (χ0) is 14.8. The minimum absolute atomic E-state index is 0.314. The van der Waals surface area contributed by atoms with E-state index in [9.17, 15) is 0 Å². The molecule has 0 spiro atoms. The highest BCUT2D eigenvalue weighted by Crippen LogP contribution is 2.63. The van der Waals surface area contributed by atoms with E-state index in [4.69, 9.17) is 11.6 Å². The summed E-state index contributed by atoms with van der Waals surface area (Å²) in [5, 5.41) is 4.60. The number of rotatable bonds is 2. The Labute approximate surface area is 134 Å². The van der Waals surface area contributed by atoms with E-state index in [1.54, 1.807) is 11.3 Å². The highest BCUT2D eigenvalue weighted by atomic mass is 35.5. The maximum atomic E-state index is 6.48. The van der Waals surface area contributed by atoms with Gasteiger partial charge in [0.15, 0.2) is 0 Å². The van der Waals surface area contributed by atoms with E-state index in [1.807, 2.05) is 11.6 Å². The Morgan fingerprint density at radius 1 is 1.33 bits per heavy atom. The van der Waals surface area contributed by atoms with Crippen LogP contribution in [0.3, 0.4) is 0 Å². The molecule has 4 rings (SSSR count). The molecule has 1 heterocycles. The van der Waals surface area contributed by atoms with Crippen LogP contribution in [-0.4, -0.2) is 11.0 Å². The molecule has 2 saturated carbocycles. The maximum absolute atomic E-state index is 6.48. The lowest BCUT2D eigenvalue weighted by atomic mass is 9.68. The maximum Gasteiger partial charge on any atom is 0.106 e. The third kappa shape index (κ3) is 1.86. The van der Waals surface area contributed by atoms with Crippen molar-refractivity contribution in [3.05, 3.63) is 22.7 Å². The van der Waals surface area contributed by atoms with Crippen molar-refractivity contribution in [3.63, 3.8) is 0 Å². The fourth-order valence-electron chi connectivity index (χ4n) is 4.85. The molecule has 2 bridgehead atoms. The van der Waals surface area contributed by atoms with Crippen LogP contribution in [0, 0.1) is 16.7 Å². The molecule has 2 aliphatic rings. The van der Waals surface area contributed by atoms with Crippen LogP contribution in [0.5, 0.6) is 0 Å². The van der Waals surface area contributed by atoms with Gasteiger partial charge in [-0.25, -0.2) is 4.98 Å². The summed E-state index contributed by atoms with van der Waals surface area (Å²) in [6.07, 6.45) is 4.03. The van der Waals surface area contributed by atoms with E-state index in [2.05, 4.69) is 37.1 Å². The highest BCUT2D eigenvalue weighted by Gasteiger charge is 2.59. The Morgan fingerprint density at radius 3 is 2.86 bits per heavy atom. The number of nitrogens with one attached hydrogen (secondary N) is 1. The minimum Gasteiger partial charge on any atom is -0.378 e. The summed E-state index contributed by atoms with van der Waals surface area (Å²) in [4.78, 5) is 4.53. The Kier molecular flexibility index (Phi) is 2.87. The van der Waals surface area contributed by atoms with E-state index in [-0.39, 0.29) is 0 Å². The van der Waals surface area contributed by atoms with Crippen LogP contribution in [0.4, 0.5) is 5.69 Å². The molecule has 0 saturated heterocycles. The second-order valence-electron chi connectivity index (χ2n) is 7.61. The van der Waals surface area contributed by atoms with Gasteiger partial charge in [0.05, 0.1) is 20.9 Å². The summed E-state index contributed by atoms with van der Waals surface area (Å²) in [6.45, 7) is 7.26. The van der Waals surface area contributed by atoms with Gasteiger partial charge in [-0.3, -0.25) is 0 Å². The van der Waals surface area contributed by atoms with Gasteiger partial charge in [-0.15, -0.1) is 11.3 Å². The van der Waals surface area contributed by atoms with Crippen LogP contribution in [0.1, 0.15) is 40.0 Å². The average molecular weight is 321 g/mol. The molecule has 0 amide bonds. The van der Waals surface area contributed by atoms with Crippen molar-refractivity contribution in [3.8, 4) is 0 Å². The Bertz CT molecular complexity index is 703. The standard InChI is InChI=1S/C17H21ClN2S/c1-16(2)10-6-7-17(3,8-10)15(16)20-13-11(18)4-5-12-14(13)19-9-21-12/h4-5,9-10,15,20H,6-8H2,1-3H3. The van der Waals surface area contributed by atoms with E-state index in [0.717, 1.165) is 22.1 Å². The van der Waals surface area contributed by atoms with Gasteiger partial charge in [0.1, 0.15) is 5.52 Å². The summed E-state index contributed by atoms with van der Waals surface area (Å²) in [5.74, 6) is 0.827. The summed E-state index contributed by atoms with van der Waals surface area (Å²) in [6, 6.07) is 4.52. The van der Waals surface area contributed by atoms with Gasteiger partial charge in [-0.05, 0) is 48.1 Å². The number of hydrogen-bond acceptors (Lipinski definition) is 3. The van der Waals surface area contributed by atoms with Crippen molar-refractivity contribution >= 4 is 38.8 Å². The lowest BCUT2D eigenvalue weighted by Crippen LogP contribution is -2.45. The molecule has 3 unspecified atom stereocenters. The largest absolute Gasteiger partial charge is 0.378 e. The third-order valence-corrected chi connectivity index (χ3v) is 7.12. The minimum atomic E-state index is 0.314. The number of halogens is 1. The molecule has 0 radical (unpaired) electrons. The predicted molar refractivity (Wildman–Crippen MR) is 91.3 cm³/mol. The Balaban J connectivity index is 1.78. The molecular formula is C17H21ClN2S. The van der Waals surface area contributed by atoms with Gasteiger partial charge >= 0.3 is 0 Å². The quantitative estimate of drug-likeness (QED) is 0.781. The van der Waals surface area contributed by atoms with Crippen LogP contribution in [0.15, 0.2) is 17.6 Å². The second-order valence-corrected chi connectivity index (χ2v) is 8.91. The summed E-state index contributed by atoms with van der Waals surface area (Å²) >= 11 is 8.15. The number of hydrogen-bond donors (Lipinski definition) is 1.